The number of hydrogen-bond donors (Lipinski definition) is 0. The molecule has 4 heteroatoms. The van der Waals surface area contributed by atoms with Crippen LogP contribution in [0.1, 0.15) is 29.2 Å². The molecule has 0 unspecified atom stereocenters. The van der Waals surface area contributed by atoms with E-state index in [1.807, 2.05) is 31.2 Å². The SMILES string of the molecule is CCc1ccc(OCc2c(C)cccc2N(C)C(=O)SC)c(C)c1. The Morgan fingerprint density at radius 2 is 1.92 bits per heavy atom. The quantitative estimate of drug-likeness (QED) is 0.731. The zero-order valence-corrected chi connectivity index (χ0v) is 15.9. The lowest BCUT2D eigenvalue weighted by Gasteiger charge is -2.21. The minimum absolute atomic E-state index is 0.0188. The summed E-state index contributed by atoms with van der Waals surface area (Å²) in [6.45, 7) is 6.71. The lowest BCUT2D eigenvalue weighted by molar-refractivity contribution is 0.266. The molecule has 0 atom stereocenters. The predicted molar refractivity (Wildman–Crippen MR) is 103 cm³/mol. The summed E-state index contributed by atoms with van der Waals surface area (Å²) in [5.74, 6) is 0.889. The fourth-order valence-corrected chi connectivity index (χ4v) is 3.04. The Morgan fingerprint density at radius 3 is 2.54 bits per heavy atom. The van der Waals surface area contributed by atoms with Gasteiger partial charge in [0.05, 0.1) is 5.69 Å². The third-order valence-corrected chi connectivity index (χ3v) is 4.84. The summed E-state index contributed by atoms with van der Waals surface area (Å²) in [4.78, 5) is 13.7. The number of thioether (sulfide) groups is 1. The van der Waals surface area contributed by atoms with Crippen LogP contribution in [0.2, 0.25) is 0 Å². The summed E-state index contributed by atoms with van der Waals surface area (Å²) in [6, 6.07) is 12.3. The second kappa shape index (κ2) is 8.25. The Morgan fingerprint density at radius 1 is 1.17 bits per heavy atom. The van der Waals surface area contributed by atoms with Crippen LogP contribution in [-0.2, 0) is 13.0 Å². The molecule has 0 aliphatic rings. The van der Waals surface area contributed by atoms with Crippen LogP contribution < -0.4 is 9.64 Å². The number of aryl methyl sites for hydroxylation is 3. The molecule has 24 heavy (non-hydrogen) atoms. The van der Waals surface area contributed by atoms with Crippen molar-refractivity contribution in [2.24, 2.45) is 0 Å². The van der Waals surface area contributed by atoms with Crippen LogP contribution in [0.4, 0.5) is 10.5 Å². The largest absolute Gasteiger partial charge is 0.489 e. The summed E-state index contributed by atoms with van der Waals surface area (Å²) in [7, 11) is 1.80. The Labute approximate surface area is 149 Å². The van der Waals surface area contributed by atoms with Gasteiger partial charge in [0.25, 0.3) is 5.24 Å². The van der Waals surface area contributed by atoms with Crippen molar-refractivity contribution in [3.05, 3.63) is 58.7 Å². The van der Waals surface area contributed by atoms with E-state index in [9.17, 15) is 4.79 Å². The fourth-order valence-electron chi connectivity index (χ4n) is 2.67. The van der Waals surface area contributed by atoms with Crippen molar-refractivity contribution in [1.29, 1.82) is 0 Å². The molecule has 128 valence electrons. The van der Waals surface area contributed by atoms with Gasteiger partial charge in [0.15, 0.2) is 0 Å². The lowest BCUT2D eigenvalue weighted by atomic mass is 10.1. The van der Waals surface area contributed by atoms with E-state index in [4.69, 9.17) is 4.74 Å². The minimum atomic E-state index is 0.0188. The van der Waals surface area contributed by atoms with Crippen molar-refractivity contribution < 1.29 is 9.53 Å². The van der Waals surface area contributed by atoms with Gasteiger partial charge in [-0.05, 0) is 55.3 Å². The maximum atomic E-state index is 12.0. The molecule has 0 heterocycles. The first-order chi connectivity index (χ1) is 11.5. The molecular formula is C20H25NO2S. The first-order valence-corrected chi connectivity index (χ1v) is 9.32. The maximum Gasteiger partial charge on any atom is 0.285 e. The Balaban J connectivity index is 2.25. The van der Waals surface area contributed by atoms with Gasteiger partial charge in [0.1, 0.15) is 12.4 Å². The number of hydrogen-bond acceptors (Lipinski definition) is 3. The van der Waals surface area contributed by atoms with Gasteiger partial charge in [-0.1, -0.05) is 43.0 Å². The standard InChI is InChI=1S/C20H25NO2S/c1-6-16-10-11-19(15(3)12-16)23-13-17-14(2)8-7-9-18(17)21(4)20(22)24-5/h7-12H,6,13H2,1-5H3. The third-order valence-electron chi connectivity index (χ3n) is 4.21. The monoisotopic (exact) mass is 343 g/mol. The van der Waals surface area contributed by atoms with E-state index in [1.54, 1.807) is 18.2 Å². The van der Waals surface area contributed by atoms with Gasteiger partial charge in [-0.3, -0.25) is 4.79 Å². The van der Waals surface area contributed by atoms with Crippen molar-refractivity contribution in [3.63, 3.8) is 0 Å². The van der Waals surface area contributed by atoms with E-state index in [2.05, 4.69) is 26.0 Å². The zero-order chi connectivity index (χ0) is 17.7. The molecule has 0 fully saturated rings. The van der Waals surface area contributed by atoms with Crippen molar-refractivity contribution >= 4 is 22.7 Å². The number of carbonyl (C=O) groups is 1. The number of carbonyl (C=O) groups excluding carboxylic acids is 1. The molecule has 2 aromatic rings. The molecule has 0 saturated carbocycles. The van der Waals surface area contributed by atoms with Crippen molar-refractivity contribution in [2.45, 2.75) is 33.8 Å². The summed E-state index contributed by atoms with van der Waals surface area (Å²) < 4.78 is 6.06. The first kappa shape index (κ1) is 18.4. The Hall–Kier alpha value is -1.94. The molecule has 0 aromatic heterocycles. The van der Waals surface area contributed by atoms with E-state index in [0.717, 1.165) is 34.5 Å². The van der Waals surface area contributed by atoms with Gasteiger partial charge >= 0.3 is 0 Å². The highest BCUT2D eigenvalue weighted by molar-refractivity contribution is 8.13. The Kier molecular flexibility index (Phi) is 6.32. The van der Waals surface area contributed by atoms with Gasteiger partial charge in [-0.15, -0.1) is 0 Å². The predicted octanol–water partition coefficient (Wildman–Crippen LogP) is 5.36. The van der Waals surface area contributed by atoms with Gasteiger partial charge < -0.3 is 9.64 Å². The van der Waals surface area contributed by atoms with E-state index in [0.29, 0.717) is 6.61 Å². The number of nitrogens with zero attached hydrogens (tertiary/aromatic N) is 1. The molecule has 0 aliphatic carbocycles. The first-order valence-electron chi connectivity index (χ1n) is 8.10. The molecular weight excluding hydrogens is 318 g/mol. The van der Waals surface area contributed by atoms with E-state index < -0.39 is 0 Å². The molecule has 3 nitrogen and oxygen atoms in total. The van der Waals surface area contributed by atoms with E-state index in [-0.39, 0.29) is 5.24 Å². The van der Waals surface area contributed by atoms with Crippen LogP contribution >= 0.6 is 11.8 Å². The highest BCUT2D eigenvalue weighted by Gasteiger charge is 2.15. The third kappa shape index (κ3) is 4.12. The van der Waals surface area contributed by atoms with Crippen LogP contribution in [0.5, 0.6) is 5.75 Å². The smallest absolute Gasteiger partial charge is 0.285 e. The average Bonchev–Trinajstić information content (AvgIpc) is 2.59. The molecule has 0 spiro atoms. The second-order valence-electron chi connectivity index (χ2n) is 5.84. The molecule has 0 aliphatic heterocycles. The maximum absolute atomic E-state index is 12.0. The van der Waals surface area contributed by atoms with Crippen molar-refractivity contribution in [2.75, 3.05) is 18.2 Å². The molecule has 2 aromatic carbocycles. The highest BCUT2D eigenvalue weighted by atomic mass is 32.2. The summed E-state index contributed by atoms with van der Waals surface area (Å²) in [6.07, 6.45) is 2.81. The minimum Gasteiger partial charge on any atom is -0.489 e. The molecule has 0 radical (unpaired) electrons. The fraction of sp³-hybridized carbons (Fsp3) is 0.350. The summed E-state index contributed by atoms with van der Waals surface area (Å²) in [5, 5.41) is 0.0188. The summed E-state index contributed by atoms with van der Waals surface area (Å²) >= 11 is 1.21. The number of benzene rings is 2. The van der Waals surface area contributed by atoms with E-state index >= 15 is 0 Å². The lowest BCUT2D eigenvalue weighted by Crippen LogP contribution is -2.23. The van der Waals surface area contributed by atoms with Crippen LogP contribution in [0.15, 0.2) is 36.4 Å². The molecule has 0 bridgehead atoms. The van der Waals surface area contributed by atoms with Crippen LogP contribution in [0.3, 0.4) is 0 Å². The summed E-state index contributed by atoms with van der Waals surface area (Å²) in [5.41, 5.74) is 5.51. The van der Waals surface area contributed by atoms with Gasteiger partial charge in [0.2, 0.25) is 0 Å². The number of anilines is 1. The zero-order valence-electron chi connectivity index (χ0n) is 15.1. The van der Waals surface area contributed by atoms with E-state index in [1.165, 1.54) is 17.3 Å². The Bertz CT molecular complexity index is 728. The number of amides is 1. The van der Waals surface area contributed by atoms with Gasteiger partial charge in [-0.2, -0.15) is 0 Å². The van der Waals surface area contributed by atoms with Crippen LogP contribution in [-0.4, -0.2) is 18.5 Å². The van der Waals surface area contributed by atoms with Gasteiger partial charge in [0, 0.05) is 12.6 Å². The number of rotatable bonds is 5. The number of ether oxygens (including phenoxy) is 1. The van der Waals surface area contributed by atoms with Crippen molar-refractivity contribution in [1.82, 2.24) is 0 Å². The molecule has 0 saturated heterocycles. The highest BCUT2D eigenvalue weighted by Crippen LogP contribution is 2.27. The molecule has 2 rings (SSSR count). The van der Waals surface area contributed by atoms with Crippen molar-refractivity contribution in [3.8, 4) is 5.75 Å². The van der Waals surface area contributed by atoms with Crippen LogP contribution in [0, 0.1) is 13.8 Å². The molecule has 1 amide bonds. The molecule has 0 N–H and O–H groups in total. The van der Waals surface area contributed by atoms with Crippen LogP contribution in [0.25, 0.3) is 0 Å². The second-order valence-corrected chi connectivity index (χ2v) is 6.60. The average molecular weight is 343 g/mol. The van der Waals surface area contributed by atoms with Gasteiger partial charge in [-0.25, -0.2) is 0 Å². The normalized spacial score (nSPS) is 10.5. The topological polar surface area (TPSA) is 29.5 Å².